The van der Waals surface area contributed by atoms with Gasteiger partial charge < -0.3 is 5.11 Å². The van der Waals surface area contributed by atoms with Crippen LogP contribution in [0.3, 0.4) is 0 Å². The number of carboxylic acid groups (broad SMARTS) is 1. The average Bonchev–Trinajstić information content (AvgIpc) is 2.95. The minimum Gasteiger partial charge on any atom is -0.481 e. The predicted molar refractivity (Wildman–Crippen MR) is 72.7 cm³/mol. The summed E-state index contributed by atoms with van der Waals surface area (Å²) in [7, 11) is -3.74. The first-order valence-corrected chi connectivity index (χ1v) is 8.40. The van der Waals surface area contributed by atoms with Gasteiger partial charge in [-0.05, 0) is 36.6 Å². The zero-order chi connectivity index (χ0) is 15.2. The van der Waals surface area contributed by atoms with Crippen molar-refractivity contribution in [3.8, 4) is 0 Å². The third-order valence-corrected chi connectivity index (χ3v) is 6.28. The van der Waals surface area contributed by atoms with Crippen molar-refractivity contribution >= 4 is 16.0 Å². The lowest BCUT2D eigenvalue weighted by Gasteiger charge is -2.28. The van der Waals surface area contributed by atoms with E-state index >= 15 is 0 Å². The van der Waals surface area contributed by atoms with Crippen LogP contribution in [0.4, 0.5) is 4.39 Å². The third-order valence-electron chi connectivity index (χ3n) is 4.25. The van der Waals surface area contributed by atoms with Gasteiger partial charge in [-0.2, -0.15) is 4.31 Å². The van der Waals surface area contributed by atoms with E-state index in [1.165, 1.54) is 10.4 Å². The molecule has 0 bridgehead atoms. The van der Waals surface area contributed by atoms with Gasteiger partial charge in [-0.15, -0.1) is 0 Å². The molecule has 1 saturated carbocycles. The second-order valence-electron chi connectivity index (χ2n) is 5.57. The highest BCUT2D eigenvalue weighted by Crippen LogP contribution is 2.45. The fraction of sp³-hybridized carbons (Fsp3) is 0.500. The lowest BCUT2D eigenvalue weighted by atomic mass is 10.0. The first-order valence-electron chi connectivity index (χ1n) is 6.96. The summed E-state index contributed by atoms with van der Waals surface area (Å²) >= 11 is 0. The van der Waals surface area contributed by atoms with E-state index in [1.54, 1.807) is 0 Å². The second-order valence-corrected chi connectivity index (χ2v) is 7.38. The number of carboxylic acids is 1. The number of benzene rings is 1. The smallest absolute Gasteiger partial charge is 0.305 e. The molecule has 114 valence electrons. The van der Waals surface area contributed by atoms with E-state index in [0.29, 0.717) is 0 Å². The van der Waals surface area contributed by atoms with Gasteiger partial charge in [-0.1, -0.05) is 12.8 Å². The third kappa shape index (κ3) is 2.34. The van der Waals surface area contributed by atoms with Gasteiger partial charge in [0.05, 0.1) is 17.4 Å². The van der Waals surface area contributed by atoms with Crippen molar-refractivity contribution in [1.82, 2.24) is 4.31 Å². The number of rotatable bonds is 3. The predicted octanol–water partition coefficient (Wildman–Crippen LogP) is 2.29. The van der Waals surface area contributed by atoms with Gasteiger partial charge in [0.15, 0.2) is 0 Å². The first kappa shape index (κ1) is 14.5. The molecule has 0 aromatic heterocycles. The molecule has 0 amide bonds. The Bertz CT molecular complexity index is 682. The number of hydrogen-bond donors (Lipinski definition) is 1. The maximum atomic E-state index is 13.5. The van der Waals surface area contributed by atoms with Crippen LogP contribution in [0.5, 0.6) is 0 Å². The fourth-order valence-electron chi connectivity index (χ4n) is 3.41. The number of nitrogens with zero attached hydrogens (tertiary/aromatic N) is 1. The summed E-state index contributed by atoms with van der Waals surface area (Å²) in [5.41, 5.74) is 0.268. The summed E-state index contributed by atoms with van der Waals surface area (Å²) in [5.74, 6) is -1.64. The molecule has 2 aliphatic rings. The van der Waals surface area contributed by atoms with Gasteiger partial charge in [0.1, 0.15) is 5.82 Å². The van der Waals surface area contributed by atoms with Crippen LogP contribution in [0.25, 0.3) is 0 Å². The Balaban J connectivity index is 2.12. The summed E-state index contributed by atoms with van der Waals surface area (Å²) in [5, 5.41) is 9.08. The highest BCUT2D eigenvalue weighted by atomic mass is 32.2. The summed E-state index contributed by atoms with van der Waals surface area (Å²) in [6, 6.07) is 2.50. The first-order chi connectivity index (χ1) is 9.91. The Morgan fingerprint density at radius 3 is 2.62 bits per heavy atom. The molecule has 1 aromatic carbocycles. The Labute approximate surface area is 122 Å². The van der Waals surface area contributed by atoms with Crippen molar-refractivity contribution < 1.29 is 22.7 Å². The number of fused-ring (bicyclic) bond motifs is 1. The van der Waals surface area contributed by atoms with Crippen LogP contribution >= 0.6 is 0 Å². The Morgan fingerprint density at radius 1 is 1.33 bits per heavy atom. The van der Waals surface area contributed by atoms with Crippen LogP contribution in [0.15, 0.2) is 23.1 Å². The Hall–Kier alpha value is -1.47. The molecule has 1 aromatic rings. The molecule has 7 heteroatoms. The molecule has 21 heavy (non-hydrogen) atoms. The molecule has 1 N–H and O–H groups in total. The number of sulfonamides is 1. The molecule has 5 nitrogen and oxygen atoms in total. The van der Waals surface area contributed by atoms with E-state index in [9.17, 15) is 17.6 Å². The normalized spacial score (nSPS) is 25.1. The molecule has 0 unspecified atom stereocenters. The molecule has 0 spiro atoms. The van der Waals surface area contributed by atoms with Crippen molar-refractivity contribution in [2.45, 2.75) is 49.1 Å². The van der Waals surface area contributed by atoms with E-state index in [2.05, 4.69) is 0 Å². The maximum absolute atomic E-state index is 13.5. The number of aliphatic carboxylic acids is 1. The van der Waals surface area contributed by atoms with Gasteiger partial charge in [-0.3, -0.25) is 4.79 Å². The van der Waals surface area contributed by atoms with E-state index in [-0.39, 0.29) is 22.9 Å². The van der Waals surface area contributed by atoms with E-state index in [4.69, 9.17) is 5.11 Å². The van der Waals surface area contributed by atoms with E-state index < -0.39 is 27.9 Å². The summed E-state index contributed by atoms with van der Waals surface area (Å²) in [6.07, 6.45) is 2.98. The molecule has 1 fully saturated rings. The lowest BCUT2D eigenvalue weighted by molar-refractivity contribution is -0.138. The van der Waals surface area contributed by atoms with Crippen LogP contribution in [0, 0.1) is 5.82 Å². The van der Waals surface area contributed by atoms with Gasteiger partial charge in [0.25, 0.3) is 0 Å². The average molecular weight is 313 g/mol. The van der Waals surface area contributed by atoms with E-state index in [1.807, 2.05) is 0 Å². The highest BCUT2D eigenvalue weighted by Gasteiger charge is 2.47. The fourth-order valence-corrected chi connectivity index (χ4v) is 5.49. The summed E-state index contributed by atoms with van der Waals surface area (Å²) < 4.78 is 40.1. The Morgan fingerprint density at radius 2 is 2.00 bits per heavy atom. The monoisotopic (exact) mass is 313 g/mol. The molecule has 1 aliphatic heterocycles. The largest absolute Gasteiger partial charge is 0.481 e. The number of hydrogen-bond acceptors (Lipinski definition) is 3. The van der Waals surface area contributed by atoms with Crippen LogP contribution < -0.4 is 0 Å². The summed E-state index contributed by atoms with van der Waals surface area (Å²) in [6.45, 7) is 0. The zero-order valence-corrected chi connectivity index (χ0v) is 12.1. The minimum atomic E-state index is -3.74. The molecule has 0 radical (unpaired) electrons. The van der Waals surface area contributed by atoms with Gasteiger partial charge in [0.2, 0.25) is 10.0 Å². The van der Waals surface area contributed by atoms with Gasteiger partial charge >= 0.3 is 5.97 Å². The van der Waals surface area contributed by atoms with Crippen molar-refractivity contribution in [2.24, 2.45) is 0 Å². The quantitative estimate of drug-likeness (QED) is 0.929. The molecule has 0 saturated heterocycles. The minimum absolute atomic E-state index is 0.0436. The standard InChI is InChI=1S/C14H16FNO4S/c15-9-5-6-13-11(7-9)12(8-14(17)18)16(21(13,19)20)10-3-1-2-4-10/h5-7,10,12H,1-4,8H2,(H,17,18)/t12-/m0/s1. The molecule has 3 rings (SSSR count). The molecule has 1 heterocycles. The zero-order valence-electron chi connectivity index (χ0n) is 11.3. The van der Waals surface area contributed by atoms with Crippen molar-refractivity contribution in [2.75, 3.05) is 0 Å². The van der Waals surface area contributed by atoms with Crippen molar-refractivity contribution in [3.05, 3.63) is 29.6 Å². The topological polar surface area (TPSA) is 74.7 Å². The van der Waals surface area contributed by atoms with Crippen LogP contribution in [-0.4, -0.2) is 29.8 Å². The van der Waals surface area contributed by atoms with E-state index in [0.717, 1.165) is 37.8 Å². The van der Waals surface area contributed by atoms with Gasteiger partial charge in [-0.25, -0.2) is 12.8 Å². The van der Waals surface area contributed by atoms with Gasteiger partial charge in [0, 0.05) is 6.04 Å². The molecular weight excluding hydrogens is 297 g/mol. The summed E-state index contributed by atoms with van der Waals surface area (Å²) in [4.78, 5) is 11.1. The second kappa shape index (κ2) is 5.06. The Kier molecular flexibility index (Phi) is 3.49. The van der Waals surface area contributed by atoms with Crippen LogP contribution in [0.2, 0.25) is 0 Å². The SMILES string of the molecule is O=C(O)C[C@H]1c2cc(F)ccc2S(=O)(=O)N1C1CCCC1. The van der Waals surface area contributed by atoms with Crippen molar-refractivity contribution in [3.63, 3.8) is 0 Å². The molecule has 1 aliphatic carbocycles. The molecular formula is C14H16FNO4S. The number of halogens is 1. The van der Waals surface area contributed by atoms with Crippen LogP contribution in [0.1, 0.15) is 43.7 Å². The van der Waals surface area contributed by atoms with Crippen molar-refractivity contribution in [1.29, 1.82) is 0 Å². The maximum Gasteiger partial charge on any atom is 0.305 e. The highest BCUT2D eigenvalue weighted by molar-refractivity contribution is 7.89. The lowest BCUT2D eigenvalue weighted by Crippen LogP contribution is -2.37. The molecule has 1 atom stereocenters. The van der Waals surface area contributed by atoms with Crippen LogP contribution in [-0.2, 0) is 14.8 Å². The number of carbonyl (C=O) groups is 1.